The van der Waals surface area contributed by atoms with Gasteiger partial charge in [-0.15, -0.1) is 0 Å². The van der Waals surface area contributed by atoms with Crippen LogP contribution in [0.25, 0.3) is 0 Å². The van der Waals surface area contributed by atoms with Gasteiger partial charge < -0.3 is 14.8 Å². The molecule has 3 heteroatoms. The van der Waals surface area contributed by atoms with Crippen LogP contribution in [0.1, 0.15) is 46.5 Å². The van der Waals surface area contributed by atoms with Gasteiger partial charge in [-0.3, -0.25) is 0 Å². The average molecular weight is 265 g/mol. The minimum atomic E-state index is 0.679. The summed E-state index contributed by atoms with van der Waals surface area (Å²) < 4.78 is 11.2. The van der Waals surface area contributed by atoms with E-state index in [1.165, 1.54) is 25.7 Å². The average Bonchev–Trinajstić information content (AvgIpc) is 2.42. The van der Waals surface area contributed by atoms with Crippen LogP contribution in [0.5, 0.6) is 11.5 Å². The van der Waals surface area contributed by atoms with Gasteiger partial charge in [0.2, 0.25) is 0 Å². The van der Waals surface area contributed by atoms with Crippen LogP contribution in [0, 0.1) is 0 Å². The standard InChI is InChI=1S/C16H27NO2/c1-4-7-8-9-12-17-15-13-14(18-5-2)10-11-16(15)19-6-3/h10-11,13,17H,4-9,12H2,1-3H3. The maximum absolute atomic E-state index is 5.63. The summed E-state index contributed by atoms with van der Waals surface area (Å²) in [5, 5.41) is 3.45. The highest BCUT2D eigenvalue weighted by molar-refractivity contribution is 5.59. The van der Waals surface area contributed by atoms with Crippen molar-refractivity contribution in [2.45, 2.75) is 46.5 Å². The molecule has 0 bridgehead atoms. The molecule has 0 aliphatic rings. The number of rotatable bonds is 10. The monoisotopic (exact) mass is 265 g/mol. The minimum absolute atomic E-state index is 0.679. The first-order valence-corrected chi connectivity index (χ1v) is 7.45. The number of hydrogen-bond acceptors (Lipinski definition) is 3. The van der Waals surface area contributed by atoms with Crippen LogP contribution in [-0.2, 0) is 0 Å². The molecule has 3 nitrogen and oxygen atoms in total. The van der Waals surface area contributed by atoms with Gasteiger partial charge in [-0.2, -0.15) is 0 Å². The fraction of sp³-hybridized carbons (Fsp3) is 0.625. The molecule has 0 radical (unpaired) electrons. The van der Waals surface area contributed by atoms with Gasteiger partial charge in [-0.25, -0.2) is 0 Å². The Morgan fingerprint density at radius 3 is 2.42 bits per heavy atom. The van der Waals surface area contributed by atoms with E-state index in [2.05, 4.69) is 12.2 Å². The molecule has 0 atom stereocenters. The summed E-state index contributed by atoms with van der Waals surface area (Å²) in [6.07, 6.45) is 5.04. The van der Waals surface area contributed by atoms with E-state index in [9.17, 15) is 0 Å². The second-order valence-electron chi connectivity index (χ2n) is 4.51. The van der Waals surface area contributed by atoms with Crippen LogP contribution >= 0.6 is 0 Å². The fourth-order valence-electron chi connectivity index (χ4n) is 1.96. The molecule has 0 fully saturated rings. The summed E-state index contributed by atoms with van der Waals surface area (Å²) in [6.45, 7) is 8.57. The second-order valence-corrected chi connectivity index (χ2v) is 4.51. The predicted molar refractivity (Wildman–Crippen MR) is 81.4 cm³/mol. The van der Waals surface area contributed by atoms with E-state index in [4.69, 9.17) is 9.47 Å². The topological polar surface area (TPSA) is 30.5 Å². The first kappa shape index (κ1) is 15.7. The molecule has 0 aliphatic heterocycles. The summed E-state index contributed by atoms with van der Waals surface area (Å²) in [5.74, 6) is 1.79. The second kappa shape index (κ2) is 9.54. The lowest BCUT2D eigenvalue weighted by Gasteiger charge is -2.14. The molecule has 0 aromatic heterocycles. The third-order valence-electron chi connectivity index (χ3n) is 2.91. The highest BCUT2D eigenvalue weighted by atomic mass is 16.5. The molecule has 1 aromatic rings. The van der Waals surface area contributed by atoms with Crippen molar-refractivity contribution in [2.75, 3.05) is 25.1 Å². The molecule has 19 heavy (non-hydrogen) atoms. The summed E-state index contributed by atoms with van der Waals surface area (Å²) in [4.78, 5) is 0. The predicted octanol–water partition coefficient (Wildman–Crippen LogP) is 4.48. The number of unbranched alkanes of at least 4 members (excludes halogenated alkanes) is 3. The van der Waals surface area contributed by atoms with Crippen molar-refractivity contribution in [3.63, 3.8) is 0 Å². The largest absolute Gasteiger partial charge is 0.494 e. The summed E-state index contributed by atoms with van der Waals surface area (Å²) in [6, 6.07) is 5.95. The number of nitrogens with one attached hydrogen (secondary N) is 1. The lowest BCUT2D eigenvalue weighted by molar-refractivity contribution is 0.332. The molecule has 108 valence electrons. The van der Waals surface area contributed by atoms with Gasteiger partial charge >= 0.3 is 0 Å². The van der Waals surface area contributed by atoms with E-state index in [0.29, 0.717) is 13.2 Å². The third kappa shape index (κ3) is 5.86. The Bertz CT molecular complexity index is 353. The van der Waals surface area contributed by atoms with Gasteiger partial charge in [-0.05, 0) is 32.4 Å². The smallest absolute Gasteiger partial charge is 0.142 e. The van der Waals surface area contributed by atoms with Crippen molar-refractivity contribution in [1.29, 1.82) is 0 Å². The Morgan fingerprint density at radius 2 is 1.74 bits per heavy atom. The van der Waals surface area contributed by atoms with Crippen molar-refractivity contribution in [3.05, 3.63) is 18.2 Å². The quantitative estimate of drug-likeness (QED) is 0.633. The molecule has 1 N–H and O–H groups in total. The van der Waals surface area contributed by atoms with Gasteiger partial charge in [0.05, 0.1) is 18.9 Å². The molecule has 0 amide bonds. The molecular formula is C16H27NO2. The Labute approximate surface area is 117 Å². The highest BCUT2D eigenvalue weighted by Gasteiger charge is 2.05. The number of benzene rings is 1. The summed E-state index contributed by atoms with van der Waals surface area (Å²) in [5.41, 5.74) is 1.03. The Morgan fingerprint density at radius 1 is 0.947 bits per heavy atom. The maximum atomic E-state index is 5.63. The SMILES string of the molecule is CCCCCCNc1cc(OCC)ccc1OCC. The van der Waals surface area contributed by atoms with E-state index in [1.807, 2.05) is 32.0 Å². The molecule has 0 saturated heterocycles. The number of ether oxygens (including phenoxy) is 2. The lowest BCUT2D eigenvalue weighted by Crippen LogP contribution is -2.05. The van der Waals surface area contributed by atoms with Crippen molar-refractivity contribution >= 4 is 5.69 Å². The van der Waals surface area contributed by atoms with Crippen LogP contribution in [-0.4, -0.2) is 19.8 Å². The summed E-state index contributed by atoms with van der Waals surface area (Å²) >= 11 is 0. The van der Waals surface area contributed by atoms with Gasteiger partial charge in [0.1, 0.15) is 11.5 Å². The highest BCUT2D eigenvalue weighted by Crippen LogP contribution is 2.29. The molecule has 0 spiro atoms. The van der Waals surface area contributed by atoms with Gasteiger partial charge in [0, 0.05) is 12.6 Å². The molecule has 0 heterocycles. The Hall–Kier alpha value is -1.38. The van der Waals surface area contributed by atoms with Crippen molar-refractivity contribution in [3.8, 4) is 11.5 Å². The molecule has 0 unspecified atom stereocenters. The van der Waals surface area contributed by atoms with E-state index < -0.39 is 0 Å². The van der Waals surface area contributed by atoms with E-state index in [0.717, 1.165) is 23.7 Å². The molecule has 0 aliphatic carbocycles. The summed E-state index contributed by atoms with van der Waals surface area (Å²) in [7, 11) is 0. The van der Waals surface area contributed by atoms with Gasteiger partial charge in [0.25, 0.3) is 0 Å². The zero-order valence-electron chi connectivity index (χ0n) is 12.5. The number of anilines is 1. The van der Waals surface area contributed by atoms with Crippen LogP contribution < -0.4 is 14.8 Å². The van der Waals surface area contributed by atoms with Crippen molar-refractivity contribution in [1.82, 2.24) is 0 Å². The Balaban J connectivity index is 2.57. The van der Waals surface area contributed by atoms with Gasteiger partial charge in [0.15, 0.2) is 0 Å². The molecule has 1 rings (SSSR count). The van der Waals surface area contributed by atoms with Crippen molar-refractivity contribution in [2.24, 2.45) is 0 Å². The zero-order valence-corrected chi connectivity index (χ0v) is 12.5. The van der Waals surface area contributed by atoms with Gasteiger partial charge in [-0.1, -0.05) is 26.2 Å². The lowest BCUT2D eigenvalue weighted by atomic mass is 10.2. The molecule has 0 saturated carbocycles. The van der Waals surface area contributed by atoms with E-state index in [-0.39, 0.29) is 0 Å². The normalized spacial score (nSPS) is 10.3. The fourth-order valence-corrected chi connectivity index (χ4v) is 1.96. The molecule has 1 aromatic carbocycles. The van der Waals surface area contributed by atoms with Crippen LogP contribution in [0.2, 0.25) is 0 Å². The van der Waals surface area contributed by atoms with Crippen LogP contribution in [0.3, 0.4) is 0 Å². The first-order chi connectivity index (χ1) is 9.31. The van der Waals surface area contributed by atoms with E-state index >= 15 is 0 Å². The minimum Gasteiger partial charge on any atom is -0.494 e. The molecular weight excluding hydrogens is 238 g/mol. The maximum Gasteiger partial charge on any atom is 0.142 e. The van der Waals surface area contributed by atoms with Crippen molar-refractivity contribution < 1.29 is 9.47 Å². The zero-order chi connectivity index (χ0) is 13.9. The third-order valence-corrected chi connectivity index (χ3v) is 2.91. The van der Waals surface area contributed by atoms with E-state index in [1.54, 1.807) is 0 Å². The van der Waals surface area contributed by atoms with Crippen LogP contribution in [0.4, 0.5) is 5.69 Å². The first-order valence-electron chi connectivity index (χ1n) is 7.45. The van der Waals surface area contributed by atoms with Crippen LogP contribution in [0.15, 0.2) is 18.2 Å². The Kier molecular flexibility index (Phi) is 7.87. The number of hydrogen-bond donors (Lipinski definition) is 1.